The maximum absolute atomic E-state index is 13.6. The molecule has 0 unspecified atom stereocenters. The molecule has 3 heterocycles. The van der Waals surface area contributed by atoms with Gasteiger partial charge in [-0.1, -0.05) is 30.7 Å². The van der Waals surface area contributed by atoms with E-state index in [1.807, 2.05) is 13.8 Å². The molecular formula is C25H30ClN5O3. The lowest BCUT2D eigenvalue weighted by atomic mass is 10.1. The molecule has 9 heteroatoms. The Morgan fingerprint density at radius 3 is 2.71 bits per heavy atom. The first-order valence-corrected chi connectivity index (χ1v) is 12.1. The van der Waals surface area contributed by atoms with Crippen molar-refractivity contribution in [3.63, 3.8) is 0 Å². The number of fused-ring (bicyclic) bond motifs is 1. The number of pyridine rings is 1. The Balaban J connectivity index is 1.72. The van der Waals surface area contributed by atoms with Crippen LogP contribution in [-0.4, -0.2) is 57.1 Å². The van der Waals surface area contributed by atoms with Crippen LogP contribution in [0.5, 0.6) is 5.75 Å². The summed E-state index contributed by atoms with van der Waals surface area (Å²) >= 11 is 6.18. The summed E-state index contributed by atoms with van der Waals surface area (Å²) in [7, 11) is 0. The van der Waals surface area contributed by atoms with Crippen LogP contribution in [0.2, 0.25) is 5.02 Å². The number of ether oxygens (including phenoxy) is 1. The molecule has 34 heavy (non-hydrogen) atoms. The summed E-state index contributed by atoms with van der Waals surface area (Å²) in [6.07, 6.45) is 3.55. The fraction of sp³-hybridized carbons (Fsp3) is 0.440. The van der Waals surface area contributed by atoms with Gasteiger partial charge in [0.05, 0.1) is 11.6 Å². The number of hydrogen-bond acceptors (Lipinski definition) is 6. The van der Waals surface area contributed by atoms with Gasteiger partial charge in [0.2, 0.25) is 5.91 Å². The highest BCUT2D eigenvalue weighted by Crippen LogP contribution is 2.24. The van der Waals surface area contributed by atoms with Gasteiger partial charge in [0.15, 0.2) is 5.65 Å². The molecule has 1 N–H and O–H groups in total. The first kappa shape index (κ1) is 24.2. The van der Waals surface area contributed by atoms with Gasteiger partial charge in [0, 0.05) is 29.7 Å². The molecule has 1 aliphatic rings. The van der Waals surface area contributed by atoms with Crippen molar-refractivity contribution in [2.24, 2.45) is 0 Å². The third kappa shape index (κ3) is 5.56. The monoisotopic (exact) mass is 483 g/mol. The topological polar surface area (TPSA) is 89.3 Å². The molecule has 1 aromatic carbocycles. The van der Waals surface area contributed by atoms with Gasteiger partial charge in [-0.25, -0.2) is 9.97 Å². The van der Waals surface area contributed by atoms with E-state index in [4.69, 9.17) is 16.3 Å². The number of nitrogens with zero attached hydrogens (tertiary/aromatic N) is 4. The number of halogens is 1. The molecule has 1 amide bonds. The third-order valence-electron chi connectivity index (χ3n) is 5.90. The molecule has 3 aromatic rings. The quantitative estimate of drug-likeness (QED) is 0.553. The van der Waals surface area contributed by atoms with Crippen LogP contribution < -0.4 is 15.6 Å². The second kappa shape index (κ2) is 10.5. The molecule has 8 nitrogen and oxygen atoms in total. The molecule has 0 saturated carbocycles. The van der Waals surface area contributed by atoms with Gasteiger partial charge in [-0.05, 0) is 51.4 Å². The lowest BCUT2D eigenvalue weighted by Gasteiger charge is -2.31. The second-order valence-corrected chi connectivity index (χ2v) is 9.29. The van der Waals surface area contributed by atoms with E-state index in [-0.39, 0.29) is 30.2 Å². The van der Waals surface area contributed by atoms with Crippen LogP contribution in [0.25, 0.3) is 22.4 Å². The standard InChI is InChI=1S/C25H30ClN5O3/c1-4-30-10-8-19(9-11-30)34-20-13-21-23(27-14-20)29-24(17-6-5-7-18(26)12-17)31(25(21)33)15-22(32)28-16(2)3/h5-7,12-14,16,19H,4,8-11,15H2,1-3H3,(H,28,32). The van der Waals surface area contributed by atoms with Gasteiger partial charge in [0.1, 0.15) is 24.2 Å². The van der Waals surface area contributed by atoms with Crippen LogP contribution in [0.3, 0.4) is 0 Å². The number of likely N-dealkylation sites (tertiary alicyclic amines) is 1. The van der Waals surface area contributed by atoms with E-state index in [2.05, 4.69) is 27.1 Å². The predicted octanol–water partition coefficient (Wildman–Crippen LogP) is 3.50. The Hall–Kier alpha value is -2.97. The smallest absolute Gasteiger partial charge is 0.263 e. The van der Waals surface area contributed by atoms with Crippen LogP contribution in [0.1, 0.15) is 33.6 Å². The largest absolute Gasteiger partial charge is 0.489 e. The number of benzene rings is 1. The number of aromatic nitrogens is 3. The molecule has 1 fully saturated rings. The number of carbonyl (C=O) groups is 1. The Morgan fingerprint density at radius 2 is 2.03 bits per heavy atom. The van der Waals surface area contributed by atoms with Crippen LogP contribution in [0.4, 0.5) is 0 Å². The van der Waals surface area contributed by atoms with Gasteiger partial charge < -0.3 is 15.0 Å². The Kier molecular flexibility index (Phi) is 7.48. The number of nitrogens with one attached hydrogen (secondary N) is 1. The van der Waals surface area contributed by atoms with E-state index in [1.165, 1.54) is 4.57 Å². The first-order chi connectivity index (χ1) is 16.3. The Labute approximate surface area is 203 Å². The Bertz CT molecular complexity index is 1230. The van der Waals surface area contributed by atoms with Crippen LogP contribution >= 0.6 is 11.6 Å². The molecular weight excluding hydrogens is 454 g/mol. The molecule has 0 aliphatic carbocycles. The van der Waals surface area contributed by atoms with Crippen molar-refractivity contribution in [2.75, 3.05) is 19.6 Å². The highest BCUT2D eigenvalue weighted by atomic mass is 35.5. The van der Waals surface area contributed by atoms with E-state index >= 15 is 0 Å². The normalized spacial score (nSPS) is 15.1. The van der Waals surface area contributed by atoms with Gasteiger partial charge in [-0.3, -0.25) is 14.2 Å². The zero-order valence-electron chi connectivity index (χ0n) is 19.8. The maximum Gasteiger partial charge on any atom is 0.263 e. The average molecular weight is 484 g/mol. The summed E-state index contributed by atoms with van der Waals surface area (Å²) in [6, 6.07) is 8.67. The van der Waals surface area contributed by atoms with E-state index in [9.17, 15) is 9.59 Å². The van der Waals surface area contributed by atoms with E-state index in [0.29, 0.717) is 33.2 Å². The van der Waals surface area contributed by atoms with E-state index in [1.54, 1.807) is 36.5 Å². The number of piperidine rings is 1. The number of hydrogen-bond donors (Lipinski definition) is 1. The summed E-state index contributed by atoms with van der Waals surface area (Å²) < 4.78 is 7.53. The molecule has 2 aromatic heterocycles. The third-order valence-corrected chi connectivity index (χ3v) is 6.14. The van der Waals surface area contributed by atoms with Crippen LogP contribution in [0, 0.1) is 0 Å². The fourth-order valence-corrected chi connectivity index (χ4v) is 4.38. The van der Waals surface area contributed by atoms with Crippen LogP contribution in [0.15, 0.2) is 41.3 Å². The average Bonchev–Trinajstić information content (AvgIpc) is 2.81. The number of rotatable bonds is 7. The highest BCUT2D eigenvalue weighted by Gasteiger charge is 2.21. The summed E-state index contributed by atoms with van der Waals surface area (Å²) in [5, 5.41) is 3.66. The molecule has 0 atom stereocenters. The summed E-state index contributed by atoms with van der Waals surface area (Å²) in [4.78, 5) is 37.6. The summed E-state index contributed by atoms with van der Waals surface area (Å²) in [5.74, 6) is 0.603. The van der Waals surface area contributed by atoms with E-state index < -0.39 is 0 Å². The summed E-state index contributed by atoms with van der Waals surface area (Å²) in [6.45, 7) is 8.75. The molecule has 0 bridgehead atoms. The zero-order valence-corrected chi connectivity index (χ0v) is 20.5. The van der Waals surface area contributed by atoms with E-state index in [0.717, 1.165) is 32.5 Å². The number of amides is 1. The number of carbonyl (C=O) groups excluding carboxylic acids is 1. The zero-order chi connectivity index (χ0) is 24.2. The lowest BCUT2D eigenvalue weighted by molar-refractivity contribution is -0.122. The molecule has 1 aliphatic heterocycles. The highest BCUT2D eigenvalue weighted by molar-refractivity contribution is 6.30. The van der Waals surface area contributed by atoms with Crippen molar-refractivity contribution < 1.29 is 9.53 Å². The maximum atomic E-state index is 13.6. The molecule has 4 rings (SSSR count). The fourth-order valence-electron chi connectivity index (χ4n) is 4.19. The lowest BCUT2D eigenvalue weighted by Crippen LogP contribution is -2.38. The summed E-state index contributed by atoms with van der Waals surface area (Å²) in [5.41, 5.74) is 0.583. The van der Waals surface area contributed by atoms with Crippen molar-refractivity contribution in [1.29, 1.82) is 0 Å². The van der Waals surface area contributed by atoms with Crippen LogP contribution in [-0.2, 0) is 11.3 Å². The van der Waals surface area contributed by atoms with Crippen molar-refractivity contribution in [3.05, 3.63) is 51.9 Å². The minimum absolute atomic E-state index is 0.0490. The predicted molar refractivity (Wildman–Crippen MR) is 133 cm³/mol. The van der Waals surface area contributed by atoms with Crippen molar-refractivity contribution in [3.8, 4) is 17.1 Å². The SMILES string of the molecule is CCN1CCC(Oc2cnc3nc(-c4cccc(Cl)c4)n(CC(=O)NC(C)C)c(=O)c3c2)CC1. The molecule has 1 saturated heterocycles. The molecule has 0 spiro atoms. The van der Waals surface area contributed by atoms with Crippen molar-refractivity contribution in [2.45, 2.75) is 52.3 Å². The second-order valence-electron chi connectivity index (χ2n) is 8.85. The minimum Gasteiger partial charge on any atom is -0.489 e. The van der Waals surface area contributed by atoms with Crippen molar-refractivity contribution >= 4 is 28.5 Å². The molecule has 180 valence electrons. The Morgan fingerprint density at radius 1 is 1.26 bits per heavy atom. The van der Waals surface area contributed by atoms with Gasteiger partial charge in [-0.15, -0.1) is 0 Å². The van der Waals surface area contributed by atoms with Crippen molar-refractivity contribution in [1.82, 2.24) is 24.8 Å². The van der Waals surface area contributed by atoms with Gasteiger partial charge >= 0.3 is 0 Å². The minimum atomic E-state index is -0.349. The van der Waals surface area contributed by atoms with Gasteiger partial charge in [-0.2, -0.15) is 0 Å². The van der Waals surface area contributed by atoms with Gasteiger partial charge in [0.25, 0.3) is 5.56 Å². The molecule has 0 radical (unpaired) electrons. The first-order valence-electron chi connectivity index (χ1n) is 11.7.